The third-order valence-corrected chi connectivity index (χ3v) is 11.1. The molecule has 2 heterocycles. The van der Waals surface area contributed by atoms with Crippen LogP contribution in [0.25, 0.3) is 83.1 Å². The number of aromatic nitrogens is 2. The largest absolute Gasteiger partial charge is 0.309 e. The standard InChI is InChI=1S/C50H36N2/c1-50(2)46-31-39(35-16-14-33(15-17-35)37-26-28-51-29-27-37)22-24-42(46)43-25-23-40(32-47(43)50)36-20-18-34(19-21-36)38-8-7-9-41(30-38)52-48-12-5-3-10-44(48)45-11-4-6-13-49(45)52/h3-32H,1-2H3. The van der Waals surface area contributed by atoms with Crippen LogP contribution < -0.4 is 0 Å². The number of para-hydroxylation sites is 2. The minimum absolute atomic E-state index is 0.110. The molecule has 2 heteroatoms. The highest BCUT2D eigenvalue weighted by Gasteiger charge is 2.35. The van der Waals surface area contributed by atoms with Gasteiger partial charge in [0.25, 0.3) is 0 Å². The summed E-state index contributed by atoms with van der Waals surface area (Å²) in [6.45, 7) is 4.73. The zero-order valence-electron chi connectivity index (χ0n) is 29.2. The van der Waals surface area contributed by atoms with E-state index in [4.69, 9.17) is 0 Å². The van der Waals surface area contributed by atoms with Gasteiger partial charge in [-0.15, -0.1) is 0 Å². The van der Waals surface area contributed by atoms with Crippen LogP contribution in [0.1, 0.15) is 25.0 Å². The second kappa shape index (κ2) is 11.8. The third kappa shape index (κ3) is 4.83. The van der Waals surface area contributed by atoms with Gasteiger partial charge in [-0.05, 0) is 115 Å². The molecule has 9 aromatic rings. The average molecular weight is 665 g/mol. The first-order valence-electron chi connectivity index (χ1n) is 18.0. The lowest BCUT2D eigenvalue weighted by molar-refractivity contribution is 0.661. The average Bonchev–Trinajstić information content (AvgIpc) is 3.66. The molecule has 2 nitrogen and oxygen atoms in total. The molecule has 0 unspecified atom stereocenters. The van der Waals surface area contributed by atoms with Gasteiger partial charge in [0.2, 0.25) is 0 Å². The molecule has 0 amide bonds. The lowest BCUT2D eigenvalue weighted by Crippen LogP contribution is -2.15. The second-order valence-electron chi connectivity index (χ2n) is 14.5. The Labute approximate surface area is 304 Å². The van der Waals surface area contributed by atoms with Crippen LogP contribution in [0.15, 0.2) is 182 Å². The first-order chi connectivity index (χ1) is 25.5. The first kappa shape index (κ1) is 30.3. The molecule has 0 radical (unpaired) electrons. The topological polar surface area (TPSA) is 17.8 Å². The van der Waals surface area contributed by atoms with Gasteiger partial charge in [0, 0.05) is 34.3 Å². The Morgan fingerprint density at radius 1 is 0.385 bits per heavy atom. The van der Waals surface area contributed by atoms with E-state index >= 15 is 0 Å². The molecule has 0 atom stereocenters. The van der Waals surface area contributed by atoms with Gasteiger partial charge in [0.15, 0.2) is 0 Å². The fourth-order valence-corrected chi connectivity index (χ4v) is 8.38. The van der Waals surface area contributed by atoms with E-state index in [1.54, 1.807) is 0 Å². The molecule has 0 fully saturated rings. The van der Waals surface area contributed by atoms with Crippen molar-refractivity contribution in [1.82, 2.24) is 9.55 Å². The molecule has 0 saturated carbocycles. The molecule has 0 N–H and O–H groups in total. The van der Waals surface area contributed by atoms with Gasteiger partial charge in [-0.1, -0.05) is 135 Å². The molecule has 2 aromatic heterocycles. The van der Waals surface area contributed by atoms with E-state index in [-0.39, 0.29) is 5.41 Å². The Morgan fingerprint density at radius 3 is 1.33 bits per heavy atom. The van der Waals surface area contributed by atoms with Crippen molar-refractivity contribution in [2.24, 2.45) is 0 Å². The summed E-state index contributed by atoms with van der Waals surface area (Å²) < 4.78 is 2.38. The maximum absolute atomic E-state index is 4.16. The summed E-state index contributed by atoms with van der Waals surface area (Å²) in [6, 6.07) is 62.4. The number of hydrogen-bond acceptors (Lipinski definition) is 1. The van der Waals surface area contributed by atoms with Crippen LogP contribution >= 0.6 is 0 Å². The van der Waals surface area contributed by atoms with Crippen molar-refractivity contribution in [3.05, 3.63) is 193 Å². The second-order valence-corrected chi connectivity index (χ2v) is 14.5. The van der Waals surface area contributed by atoms with Crippen LogP contribution in [0.2, 0.25) is 0 Å². The van der Waals surface area contributed by atoms with Crippen molar-refractivity contribution in [2.75, 3.05) is 0 Å². The van der Waals surface area contributed by atoms with E-state index in [1.807, 2.05) is 12.4 Å². The van der Waals surface area contributed by atoms with Gasteiger partial charge in [0.1, 0.15) is 0 Å². The predicted octanol–water partition coefficient (Wildman–Crippen LogP) is 13.2. The quantitative estimate of drug-likeness (QED) is 0.179. The van der Waals surface area contributed by atoms with Crippen LogP contribution in [-0.2, 0) is 5.41 Å². The molecule has 0 spiro atoms. The molecule has 7 aromatic carbocycles. The molecule has 0 aliphatic heterocycles. The van der Waals surface area contributed by atoms with Crippen LogP contribution in [0, 0.1) is 0 Å². The smallest absolute Gasteiger partial charge is 0.0541 e. The Bertz CT molecular complexity index is 2730. The summed E-state index contributed by atoms with van der Waals surface area (Å²) in [7, 11) is 0. The van der Waals surface area contributed by atoms with E-state index in [1.165, 1.54) is 94.3 Å². The third-order valence-electron chi connectivity index (χ3n) is 11.1. The number of rotatable bonds is 5. The minimum Gasteiger partial charge on any atom is -0.309 e. The highest BCUT2D eigenvalue weighted by molar-refractivity contribution is 6.09. The number of nitrogens with zero attached hydrogens (tertiary/aromatic N) is 2. The van der Waals surface area contributed by atoms with E-state index in [2.05, 4.69) is 193 Å². The number of benzene rings is 7. The number of pyridine rings is 1. The van der Waals surface area contributed by atoms with E-state index in [9.17, 15) is 0 Å². The molecule has 10 rings (SSSR count). The summed E-state index contributed by atoms with van der Waals surface area (Å²) in [6.07, 6.45) is 3.69. The number of hydrogen-bond donors (Lipinski definition) is 0. The highest BCUT2D eigenvalue weighted by atomic mass is 15.0. The van der Waals surface area contributed by atoms with E-state index in [0.717, 1.165) is 0 Å². The monoisotopic (exact) mass is 664 g/mol. The van der Waals surface area contributed by atoms with Crippen molar-refractivity contribution in [2.45, 2.75) is 19.3 Å². The van der Waals surface area contributed by atoms with Crippen LogP contribution in [0.4, 0.5) is 0 Å². The Balaban J connectivity index is 0.945. The fraction of sp³-hybridized carbons (Fsp3) is 0.0600. The SMILES string of the molecule is CC1(C)c2cc(-c3ccc(-c4ccncc4)cc3)ccc2-c2ccc(-c3ccc(-c4cccc(-n5c6ccccc6c6ccccc65)c4)cc3)cc21. The predicted molar refractivity (Wildman–Crippen MR) is 218 cm³/mol. The van der Waals surface area contributed by atoms with Crippen LogP contribution in [0.5, 0.6) is 0 Å². The molecule has 246 valence electrons. The Kier molecular flexibility index (Phi) is 6.87. The van der Waals surface area contributed by atoms with Gasteiger partial charge in [-0.25, -0.2) is 0 Å². The summed E-state index contributed by atoms with van der Waals surface area (Å²) in [4.78, 5) is 4.16. The zero-order valence-corrected chi connectivity index (χ0v) is 29.2. The normalized spacial score (nSPS) is 13.0. The summed E-state index contributed by atoms with van der Waals surface area (Å²) in [5.41, 5.74) is 18.7. The van der Waals surface area contributed by atoms with Gasteiger partial charge in [-0.3, -0.25) is 4.98 Å². The van der Waals surface area contributed by atoms with Crippen LogP contribution in [0.3, 0.4) is 0 Å². The summed E-state index contributed by atoms with van der Waals surface area (Å²) in [5, 5.41) is 2.56. The molecule has 1 aliphatic rings. The van der Waals surface area contributed by atoms with Crippen molar-refractivity contribution in [3.63, 3.8) is 0 Å². The molecular formula is C50H36N2. The minimum atomic E-state index is -0.110. The molecular weight excluding hydrogens is 629 g/mol. The highest BCUT2D eigenvalue weighted by Crippen LogP contribution is 2.50. The lowest BCUT2D eigenvalue weighted by atomic mass is 9.80. The van der Waals surface area contributed by atoms with Gasteiger partial charge in [0.05, 0.1) is 11.0 Å². The first-order valence-corrected chi connectivity index (χ1v) is 18.0. The zero-order chi connectivity index (χ0) is 34.8. The number of fused-ring (bicyclic) bond motifs is 6. The summed E-state index contributed by atoms with van der Waals surface area (Å²) >= 11 is 0. The van der Waals surface area contributed by atoms with E-state index in [0.29, 0.717) is 0 Å². The molecule has 52 heavy (non-hydrogen) atoms. The maximum atomic E-state index is 4.16. The molecule has 0 bridgehead atoms. The molecule has 0 saturated heterocycles. The van der Waals surface area contributed by atoms with Crippen LogP contribution in [-0.4, -0.2) is 9.55 Å². The van der Waals surface area contributed by atoms with Gasteiger partial charge >= 0.3 is 0 Å². The van der Waals surface area contributed by atoms with Gasteiger partial charge in [-0.2, -0.15) is 0 Å². The van der Waals surface area contributed by atoms with Crippen molar-refractivity contribution >= 4 is 21.8 Å². The molecule has 1 aliphatic carbocycles. The lowest BCUT2D eigenvalue weighted by Gasteiger charge is -2.22. The van der Waals surface area contributed by atoms with Crippen molar-refractivity contribution in [1.29, 1.82) is 0 Å². The van der Waals surface area contributed by atoms with Crippen molar-refractivity contribution < 1.29 is 0 Å². The van der Waals surface area contributed by atoms with Crippen molar-refractivity contribution in [3.8, 4) is 61.3 Å². The maximum Gasteiger partial charge on any atom is 0.0541 e. The summed E-state index contributed by atoms with van der Waals surface area (Å²) in [5.74, 6) is 0. The Morgan fingerprint density at radius 2 is 0.808 bits per heavy atom. The van der Waals surface area contributed by atoms with E-state index < -0.39 is 0 Å². The fourth-order valence-electron chi connectivity index (χ4n) is 8.38. The van der Waals surface area contributed by atoms with Gasteiger partial charge < -0.3 is 4.57 Å². The Hall–Kier alpha value is -6.51.